The Balaban J connectivity index is 1.48. The van der Waals surface area contributed by atoms with E-state index in [4.69, 9.17) is 4.52 Å². The molecule has 0 saturated heterocycles. The number of nitrogens with zero attached hydrogens (tertiary/aromatic N) is 1. The first-order chi connectivity index (χ1) is 13.9. The normalized spacial score (nSPS) is 11.7. The number of anilines is 2. The molecule has 3 N–H and O–H groups in total. The van der Waals surface area contributed by atoms with Gasteiger partial charge in [-0.3, -0.25) is 14.9 Å². The van der Waals surface area contributed by atoms with Crippen molar-refractivity contribution in [3.8, 4) is 11.3 Å². The summed E-state index contributed by atoms with van der Waals surface area (Å²) >= 11 is 0. The Labute approximate surface area is 167 Å². The van der Waals surface area contributed by atoms with Gasteiger partial charge in [-0.2, -0.15) is 0 Å². The number of aryl methyl sites for hydroxylation is 1. The topological polar surface area (TPSA) is 88.7 Å². The molecule has 0 saturated carbocycles. The first-order valence-electron chi connectivity index (χ1n) is 9.09. The molecule has 150 valence electrons. The lowest BCUT2D eigenvalue weighted by Gasteiger charge is -2.13. The van der Waals surface area contributed by atoms with E-state index in [1.165, 1.54) is 24.3 Å². The van der Waals surface area contributed by atoms with Crippen LogP contribution in [0.5, 0.6) is 0 Å². The van der Waals surface area contributed by atoms with Gasteiger partial charge in [0.05, 0.1) is 7.05 Å². The summed E-state index contributed by atoms with van der Waals surface area (Å²) in [6.07, 6.45) is 0. The molecule has 0 aliphatic rings. The van der Waals surface area contributed by atoms with Crippen molar-refractivity contribution in [2.24, 2.45) is 0 Å². The Morgan fingerprint density at radius 3 is 2.28 bits per heavy atom. The third-order valence-corrected chi connectivity index (χ3v) is 4.17. The van der Waals surface area contributed by atoms with Crippen molar-refractivity contribution in [2.75, 3.05) is 30.8 Å². The molecule has 0 aliphatic heterocycles. The van der Waals surface area contributed by atoms with Crippen LogP contribution in [0.15, 0.2) is 59.1 Å². The molecule has 0 radical (unpaired) electrons. The van der Waals surface area contributed by atoms with Gasteiger partial charge in [-0.05, 0) is 31.2 Å². The second-order valence-corrected chi connectivity index (χ2v) is 6.86. The van der Waals surface area contributed by atoms with Crippen molar-refractivity contribution in [3.63, 3.8) is 0 Å². The van der Waals surface area contributed by atoms with Crippen molar-refractivity contribution < 1.29 is 23.4 Å². The van der Waals surface area contributed by atoms with Crippen molar-refractivity contribution in [1.29, 1.82) is 0 Å². The zero-order chi connectivity index (χ0) is 20.8. The zero-order valence-corrected chi connectivity index (χ0v) is 16.2. The number of rotatable bonds is 7. The number of aromatic nitrogens is 1. The van der Waals surface area contributed by atoms with E-state index < -0.39 is 0 Å². The first kappa shape index (κ1) is 20.2. The molecule has 0 spiro atoms. The number of hydrogen-bond acceptors (Lipinski definition) is 4. The number of carbonyl (C=O) groups is 2. The van der Waals surface area contributed by atoms with Gasteiger partial charge in [-0.1, -0.05) is 35.0 Å². The quantitative estimate of drug-likeness (QED) is 0.568. The van der Waals surface area contributed by atoms with E-state index >= 15 is 0 Å². The molecule has 1 unspecified atom stereocenters. The number of amides is 2. The lowest BCUT2D eigenvalue weighted by molar-refractivity contribution is -0.862. The van der Waals surface area contributed by atoms with E-state index in [1.807, 2.05) is 31.2 Å². The van der Waals surface area contributed by atoms with Crippen LogP contribution in [-0.4, -0.2) is 37.1 Å². The SMILES string of the molecule is Cc1ccc(-c2cc(NC(=O)C[NH+](C)CC(=O)Nc3ccc(F)cc3)on2)cc1. The minimum Gasteiger partial charge on any atom is -0.338 e. The van der Waals surface area contributed by atoms with Crippen molar-refractivity contribution in [1.82, 2.24) is 5.16 Å². The van der Waals surface area contributed by atoms with Gasteiger partial charge >= 0.3 is 0 Å². The molecule has 3 aromatic rings. The molecule has 8 heteroatoms. The van der Waals surface area contributed by atoms with Crippen LogP contribution in [0.1, 0.15) is 5.56 Å². The van der Waals surface area contributed by atoms with Gasteiger partial charge in [0.25, 0.3) is 11.8 Å². The highest BCUT2D eigenvalue weighted by atomic mass is 19.1. The molecule has 29 heavy (non-hydrogen) atoms. The Morgan fingerprint density at radius 1 is 1.00 bits per heavy atom. The van der Waals surface area contributed by atoms with Crippen LogP contribution in [-0.2, 0) is 9.59 Å². The zero-order valence-electron chi connectivity index (χ0n) is 16.2. The number of benzene rings is 2. The molecule has 0 fully saturated rings. The number of carbonyl (C=O) groups excluding carboxylic acids is 2. The maximum absolute atomic E-state index is 12.9. The molecule has 1 atom stereocenters. The largest absolute Gasteiger partial charge is 0.338 e. The van der Waals surface area contributed by atoms with E-state index in [0.717, 1.165) is 11.1 Å². The molecule has 0 aliphatic carbocycles. The predicted octanol–water partition coefficient (Wildman–Crippen LogP) is 1.88. The highest BCUT2D eigenvalue weighted by Gasteiger charge is 2.16. The summed E-state index contributed by atoms with van der Waals surface area (Å²) in [6.45, 7) is 2.14. The average molecular weight is 397 g/mol. The van der Waals surface area contributed by atoms with Gasteiger partial charge in [0, 0.05) is 17.3 Å². The Kier molecular flexibility index (Phi) is 6.36. The fraction of sp³-hybridized carbons (Fsp3) is 0.190. The summed E-state index contributed by atoms with van der Waals surface area (Å²) in [5.41, 5.74) is 3.15. The van der Waals surface area contributed by atoms with Crippen LogP contribution in [0.25, 0.3) is 11.3 Å². The molecule has 2 aromatic carbocycles. The van der Waals surface area contributed by atoms with Crippen LogP contribution in [0, 0.1) is 12.7 Å². The Hall–Kier alpha value is -3.52. The van der Waals surface area contributed by atoms with Crippen LogP contribution in [0.2, 0.25) is 0 Å². The maximum Gasteiger partial charge on any atom is 0.281 e. The molecule has 7 nitrogen and oxygen atoms in total. The summed E-state index contributed by atoms with van der Waals surface area (Å²) in [4.78, 5) is 24.9. The molecular formula is C21H22FN4O3+. The van der Waals surface area contributed by atoms with Gasteiger partial charge < -0.3 is 14.7 Å². The number of halogens is 1. The minimum atomic E-state index is -0.375. The lowest BCUT2D eigenvalue weighted by Crippen LogP contribution is -3.11. The van der Waals surface area contributed by atoms with E-state index in [-0.39, 0.29) is 36.6 Å². The van der Waals surface area contributed by atoms with Crippen LogP contribution < -0.4 is 15.5 Å². The second-order valence-electron chi connectivity index (χ2n) is 6.86. The average Bonchev–Trinajstić information content (AvgIpc) is 3.12. The van der Waals surface area contributed by atoms with Crippen LogP contribution in [0.4, 0.5) is 16.0 Å². The van der Waals surface area contributed by atoms with Gasteiger partial charge in [0.15, 0.2) is 13.1 Å². The highest BCUT2D eigenvalue weighted by molar-refractivity contribution is 5.92. The first-order valence-corrected chi connectivity index (χ1v) is 9.09. The number of quaternary nitrogens is 1. The van der Waals surface area contributed by atoms with E-state index in [9.17, 15) is 14.0 Å². The highest BCUT2D eigenvalue weighted by Crippen LogP contribution is 2.21. The summed E-state index contributed by atoms with van der Waals surface area (Å²) in [7, 11) is 1.72. The molecule has 2 amide bonds. The number of hydrogen-bond donors (Lipinski definition) is 3. The Bertz CT molecular complexity index is 984. The fourth-order valence-corrected chi connectivity index (χ4v) is 2.73. The third kappa shape index (κ3) is 5.98. The smallest absolute Gasteiger partial charge is 0.281 e. The molecule has 3 rings (SSSR count). The summed E-state index contributed by atoms with van der Waals surface area (Å²) in [5.74, 6) is -0.707. The fourth-order valence-electron chi connectivity index (χ4n) is 2.73. The number of likely N-dealkylation sites (N-methyl/N-ethyl adjacent to an activating group) is 1. The second kappa shape index (κ2) is 9.11. The maximum atomic E-state index is 12.9. The molecule has 1 heterocycles. The summed E-state index contributed by atoms with van der Waals surface area (Å²) in [6, 6.07) is 14.9. The standard InChI is InChI=1S/C21H21FN4O3/c1-14-3-5-15(6-4-14)18-11-21(29-25-18)24-20(28)13-26(2)12-19(27)23-17-9-7-16(22)8-10-17/h3-11H,12-13H2,1-2H3,(H,23,27)(H,24,28)/p+1. The van der Waals surface area contributed by atoms with Gasteiger partial charge in [-0.15, -0.1) is 0 Å². The van der Waals surface area contributed by atoms with Gasteiger partial charge in [0.1, 0.15) is 11.5 Å². The molecule has 0 bridgehead atoms. The Morgan fingerprint density at radius 2 is 1.62 bits per heavy atom. The van der Waals surface area contributed by atoms with E-state index in [1.54, 1.807) is 13.1 Å². The number of nitrogens with one attached hydrogen (secondary N) is 3. The molecule has 1 aromatic heterocycles. The van der Waals surface area contributed by atoms with Gasteiger partial charge in [-0.25, -0.2) is 4.39 Å². The monoisotopic (exact) mass is 397 g/mol. The van der Waals surface area contributed by atoms with Crippen LogP contribution >= 0.6 is 0 Å². The van der Waals surface area contributed by atoms with Crippen molar-refractivity contribution >= 4 is 23.4 Å². The van der Waals surface area contributed by atoms with Crippen molar-refractivity contribution in [3.05, 3.63) is 66.0 Å². The van der Waals surface area contributed by atoms with E-state index in [2.05, 4.69) is 15.8 Å². The van der Waals surface area contributed by atoms with Crippen LogP contribution in [0.3, 0.4) is 0 Å². The third-order valence-electron chi connectivity index (χ3n) is 4.17. The van der Waals surface area contributed by atoms with Gasteiger partial charge in [0.2, 0.25) is 5.88 Å². The van der Waals surface area contributed by atoms with Crippen molar-refractivity contribution in [2.45, 2.75) is 6.92 Å². The van der Waals surface area contributed by atoms with E-state index in [0.29, 0.717) is 16.3 Å². The predicted molar refractivity (Wildman–Crippen MR) is 107 cm³/mol. The summed E-state index contributed by atoms with van der Waals surface area (Å²) in [5, 5.41) is 9.27. The summed E-state index contributed by atoms with van der Waals surface area (Å²) < 4.78 is 18.1. The molecular weight excluding hydrogens is 375 g/mol. The lowest BCUT2D eigenvalue weighted by atomic mass is 10.1. The minimum absolute atomic E-state index is 0.0669.